The first-order valence-electron chi connectivity index (χ1n) is 11.1. The van der Waals surface area contributed by atoms with Crippen LogP contribution in [0.15, 0.2) is 67.1 Å². The van der Waals surface area contributed by atoms with Gasteiger partial charge in [0, 0.05) is 31.2 Å². The van der Waals surface area contributed by atoms with E-state index in [1.807, 2.05) is 76.4 Å². The molecule has 162 valence electrons. The summed E-state index contributed by atoms with van der Waals surface area (Å²) in [6, 6.07) is 17.7. The van der Waals surface area contributed by atoms with E-state index < -0.39 is 5.41 Å². The number of likely N-dealkylation sites (tertiary alicyclic amines) is 1. The first-order chi connectivity index (χ1) is 15.6. The number of esters is 1. The van der Waals surface area contributed by atoms with Crippen molar-refractivity contribution in [1.82, 2.24) is 18.9 Å². The van der Waals surface area contributed by atoms with Crippen molar-refractivity contribution in [2.75, 3.05) is 13.1 Å². The van der Waals surface area contributed by atoms with Gasteiger partial charge in [-0.25, -0.2) is 4.98 Å². The Labute approximate surface area is 185 Å². The number of benzene rings is 1. The molecule has 2 saturated heterocycles. The molecule has 0 bridgehead atoms. The molecule has 1 spiro atoms. The third-order valence-electron chi connectivity index (χ3n) is 7.04. The maximum absolute atomic E-state index is 13.1. The van der Waals surface area contributed by atoms with Crippen LogP contribution in [0.3, 0.4) is 0 Å². The zero-order chi connectivity index (χ0) is 21.7. The smallest absolute Gasteiger partial charge is 0.312 e. The minimum absolute atomic E-state index is 0.0128. The van der Waals surface area contributed by atoms with Crippen LogP contribution in [-0.4, -0.2) is 49.9 Å². The van der Waals surface area contributed by atoms with Gasteiger partial charge in [-0.1, -0.05) is 18.2 Å². The second-order valence-electron chi connectivity index (χ2n) is 8.90. The number of hydrogen-bond donors (Lipinski definition) is 0. The Morgan fingerprint density at radius 1 is 1.06 bits per heavy atom. The quantitative estimate of drug-likeness (QED) is 0.468. The Morgan fingerprint density at radius 2 is 1.88 bits per heavy atom. The van der Waals surface area contributed by atoms with E-state index in [0.29, 0.717) is 44.6 Å². The van der Waals surface area contributed by atoms with E-state index in [0.717, 1.165) is 16.6 Å². The van der Waals surface area contributed by atoms with Gasteiger partial charge in [0.15, 0.2) is 0 Å². The van der Waals surface area contributed by atoms with Gasteiger partial charge in [-0.3, -0.25) is 9.59 Å². The molecule has 7 heteroatoms. The normalized spacial score (nSPS) is 20.3. The monoisotopic (exact) mass is 428 g/mol. The van der Waals surface area contributed by atoms with Gasteiger partial charge in [0.2, 0.25) is 0 Å². The number of hydrogen-bond acceptors (Lipinski definition) is 4. The van der Waals surface area contributed by atoms with E-state index in [-0.39, 0.29) is 18.0 Å². The Balaban J connectivity index is 1.15. The molecule has 7 nitrogen and oxygen atoms in total. The Morgan fingerprint density at radius 3 is 2.75 bits per heavy atom. The number of piperidine rings is 1. The van der Waals surface area contributed by atoms with Crippen molar-refractivity contribution in [2.45, 2.75) is 31.9 Å². The third-order valence-corrected chi connectivity index (χ3v) is 7.04. The molecule has 1 atom stereocenters. The number of aromatic nitrogens is 3. The number of carbonyl (C=O) groups excluding carboxylic acids is 2. The second kappa shape index (κ2) is 7.22. The van der Waals surface area contributed by atoms with E-state index in [4.69, 9.17) is 4.74 Å². The van der Waals surface area contributed by atoms with Crippen LogP contribution < -0.4 is 0 Å². The summed E-state index contributed by atoms with van der Waals surface area (Å²) in [7, 11) is 0. The number of para-hydroxylation sites is 2. The average molecular weight is 428 g/mol. The van der Waals surface area contributed by atoms with E-state index in [1.165, 1.54) is 0 Å². The number of nitrogens with zero attached hydrogens (tertiary/aromatic N) is 4. The number of ether oxygens (including phenoxy) is 1. The van der Waals surface area contributed by atoms with Gasteiger partial charge in [-0.15, -0.1) is 0 Å². The van der Waals surface area contributed by atoms with Crippen LogP contribution in [0.2, 0.25) is 0 Å². The lowest BCUT2D eigenvalue weighted by atomic mass is 9.76. The first-order valence-corrected chi connectivity index (χ1v) is 11.1. The van der Waals surface area contributed by atoms with Crippen molar-refractivity contribution in [3.8, 4) is 0 Å². The summed E-state index contributed by atoms with van der Waals surface area (Å²) >= 11 is 0. The van der Waals surface area contributed by atoms with Crippen LogP contribution in [0.4, 0.5) is 0 Å². The summed E-state index contributed by atoms with van der Waals surface area (Å²) in [5.41, 5.74) is 3.16. The Hall–Kier alpha value is -3.61. The molecule has 5 heterocycles. The van der Waals surface area contributed by atoms with Crippen molar-refractivity contribution >= 4 is 28.4 Å². The fourth-order valence-corrected chi connectivity index (χ4v) is 5.25. The standard InChI is InChI=1S/C25H24N4O3/c30-23(22-9-8-18-5-3-4-12-29(18)22)27-13-10-25(11-14-27)15-19(32-24(25)31)16-28-17-26-20-6-1-2-7-21(20)28/h1-9,12,17,19H,10-11,13-16H2. The molecule has 2 fully saturated rings. The van der Waals surface area contributed by atoms with Crippen molar-refractivity contribution in [3.05, 3.63) is 72.8 Å². The molecule has 0 radical (unpaired) electrons. The minimum Gasteiger partial charge on any atom is -0.460 e. The molecule has 4 aromatic rings. The van der Waals surface area contributed by atoms with Crippen LogP contribution in [0, 0.1) is 5.41 Å². The molecule has 3 aromatic heterocycles. The number of pyridine rings is 1. The topological polar surface area (TPSA) is 68.8 Å². The van der Waals surface area contributed by atoms with Crippen molar-refractivity contribution in [2.24, 2.45) is 5.41 Å². The Bertz CT molecular complexity index is 1330. The van der Waals surface area contributed by atoms with Crippen LogP contribution in [0.5, 0.6) is 0 Å². The van der Waals surface area contributed by atoms with E-state index in [9.17, 15) is 9.59 Å². The molecule has 0 aliphatic carbocycles. The second-order valence-corrected chi connectivity index (χ2v) is 8.90. The molecule has 2 aliphatic rings. The molecule has 6 rings (SSSR count). The van der Waals surface area contributed by atoms with Gasteiger partial charge in [0.1, 0.15) is 11.8 Å². The molecular formula is C25H24N4O3. The maximum atomic E-state index is 13.1. The summed E-state index contributed by atoms with van der Waals surface area (Å²) in [5, 5.41) is 0. The molecular weight excluding hydrogens is 404 g/mol. The summed E-state index contributed by atoms with van der Waals surface area (Å²) < 4.78 is 9.78. The zero-order valence-electron chi connectivity index (χ0n) is 17.7. The molecule has 1 unspecified atom stereocenters. The molecule has 0 saturated carbocycles. The molecule has 32 heavy (non-hydrogen) atoms. The summed E-state index contributed by atoms with van der Waals surface area (Å²) in [5.74, 6) is -0.106. The van der Waals surface area contributed by atoms with Crippen LogP contribution >= 0.6 is 0 Å². The Kier molecular flexibility index (Phi) is 4.31. The number of amides is 1. The lowest BCUT2D eigenvalue weighted by Crippen LogP contribution is -2.45. The van der Waals surface area contributed by atoms with Gasteiger partial charge in [0.05, 0.1) is 29.3 Å². The highest BCUT2D eigenvalue weighted by Crippen LogP contribution is 2.43. The fraction of sp³-hybridized carbons (Fsp3) is 0.320. The van der Waals surface area contributed by atoms with Gasteiger partial charge in [-0.05, 0) is 49.2 Å². The third kappa shape index (κ3) is 2.99. The van der Waals surface area contributed by atoms with Gasteiger partial charge in [0.25, 0.3) is 5.91 Å². The largest absolute Gasteiger partial charge is 0.460 e. The van der Waals surface area contributed by atoms with E-state index in [1.54, 1.807) is 0 Å². The molecule has 2 aliphatic heterocycles. The number of carbonyl (C=O) groups is 2. The van der Waals surface area contributed by atoms with Crippen LogP contribution in [0.25, 0.3) is 16.6 Å². The van der Waals surface area contributed by atoms with E-state index >= 15 is 0 Å². The SMILES string of the molecule is O=C(c1ccc2ccccn12)N1CCC2(CC1)CC(Cn1cnc3ccccc31)OC2=O. The number of rotatable bonds is 3. The summed E-state index contributed by atoms with van der Waals surface area (Å²) in [4.78, 5) is 32.3. The van der Waals surface area contributed by atoms with Crippen molar-refractivity contribution in [3.63, 3.8) is 0 Å². The predicted octanol–water partition coefficient (Wildman–Crippen LogP) is 3.53. The first kappa shape index (κ1) is 19.1. The molecule has 0 N–H and O–H groups in total. The predicted molar refractivity (Wildman–Crippen MR) is 119 cm³/mol. The highest BCUT2D eigenvalue weighted by molar-refractivity contribution is 5.94. The van der Waals surface area contributed by atoms with Gasteiger partial charge in [-0.2, -0.15) is 0 Å². The van der Waals surface area contributed by atoms with Gasteiger partial charge < -0.3 is 18.6 Å². The number of fused-ring (bicyclic) bond motifs is 2. The van der Waals surface area contributed by atoms with E-state index in [2.05, 4.69) is 9.55 Å². The van der Waals surface area contributed by atoms with Crippen LogP contribution in [-0.2, 0) is 16.1 Å². The summed E-state index contributed by atoms with van der Waals surface area (Å²) in [6.07, 6.45) is 5.52. The lowest BCUT2D eigenvalue weighted by Gasteiger charge is -2.36. The number of imidazole rings is 1. The maximum Gasteiger partial charge on any atom is 0.312 e. The van der Waals surface area contributed by atoms with Crippen molar-refractivity contribution < 1.29 is 14.3 Å². The average Bonchev–Trinajstić information content (AvgIpc) is 3.51. The zero-order valence-corrected chi connectivity index (χ0v) is 17.7. The molecule has 1 aromatic carbocycles. The highest BCUT2D eigenvalue weighted by atomic mass is 16.6. The number of cyclic esters (lactones) is 1. The molecule has 1 amide bonds. The van der Waals surface area contributed by atoms with Gasteiger partial charge >= 0.3 is 5.97 Å². The highest BCUT2D eigenvalue weighted by Gasteiger charge is 2.51. The van der Waals surface area contributed by atoms with Crippen LogP contribution in [0.1, 0.15) is 29.8 Å². The fourth-order valence-electron chi connectivity index (χ4n) is 5.25. The summed E-state index contributed by atoms with van der Waals surface area (Å²) in [6.45, 7) is 1.73. The van der Waals surface area contributed by atoms with Crippen molar-refractivity contribution in [1.29, 1.82) is 0 Å². The lowest BCUT2D eigenvalue weighted by molar-refractivity contribution is -0.150. The minimum atomic E-state index is -0.487.